The minimum Gasteiger partial charge on any atom is -0.444 e. The van der Waals surface area contributed by atoms with Gasteiger partial charge in [0.1, 0.15) is 5.60 Å². The largest absolute Gasteiger partial charge is 0.444 e. The summed E-state index contributed by atoms with van der Waals surface area (Å²) in [7, 11) is -0.405. The average Bonchev–Trinajstić information content (AvgIpc) is 2.95. The first-order valence-corrected chi connectivity index (χ1v) is 11.7. The fraction of sp³-hybridized carbons (Fsp3) is 0.524. The Hall–Kier alpha value is -2.08. The number of ether oxygens (including phenoxy) is 1. The van der Waals surface area contributed by atoms with Gasteiger partial charge in [0.2, 0.25) is 0 Å². The van der Waals surface area contributed by atoms with Gasteiger partial charge in [0, 0.05) is 5.56 Å². The second-order valence-corrected chi connectivity index (χ2v) is 11.3. The molecule has 0 aliphatic rings. The van der Waals surface area contributed by atoms with Crippen molar-refractivity contribution >= 4 is 19.3 Å². The summed E-state index contributed by atoms with van der Waals surface area (Å²) >= 11 is 0. The summed E-state index contributed by atoms with van der Waals surface area (Å²) in [5, 5.41) is 7.60. The first-order valence-electron chi connectivity index (χ1n) is 9.51. The Bertz CT molecular complexity index is 900. The third-order valence-corrected chi connectivity index (χ3v) is 5.42. The zero-order valence-corrected chi connectivity index (χ0v) is 19.3. The number of rotatable bonds is 5. The van der Waals surface area contributed by atoms with E-state index >= 15 is 0 Å². The topological polar surface area (TPSA) is 56.2 Å². The minimum atomic E-state index is -4.57. The lowest BCUT2D eigenvalue weighted by atomic mass is 10.1. The van der Waals surface area contributed by atoms with Crippen molar-refractivity contribution in [2.45, 2.75) is 58.5 Å². The molecule has 0 radical (unpaired) electrons. The SMILES string of the molecule is CP(C)c1cccc(-c2cc(C(F)(F)F)nn2CC(C)(C)NC(=O)OC(C)(C)C)c1. The van der Waals surface area contributed by atoms with Gasteiger partial charge in [0.15, 0.2) is 5.69 Å². The number of amides is 1. The zero-order chi connectivity index (χ0) is 22.9. The van der Waals surface area contributed by atoms with Crippen LogP contribution in [0.15, 0.2) is 30.3 Å². The normalized spacial score (nSPS) is 12.9. The lowest BCUT2D eigenvalue weighted by Gasteiger charge is -2.29. The number of hydrogen-bond donors (Lipinski definition) is 1. The van der Waals surface area contributed by atoms with Crippen molar-refractivity contribution in [1.82, 2.24) is 15.1 Å². The molecule has 0 fully saturated rings. The van der Waals surface area contributed by atoms with Gasteiger partial charge in [-0.15, -0.1) is 0 Å². The Labute approximate surface area is 176 Å². The smallest absolute Gasteiger partial charge is 0.435 e. The van der Waals surface area contributed by atoms with Crippen LogP contribution in [0.1, 0.15) is 40.3 Å². The maximum atomic E-state index is 13.4. The summed E-state index contributed by atoms with van der Waals surface area (Å²) in [5.41, 5.74) is -1.54. The van der Waals surface area contributed by atoms with Crippen LogP contribution in [0.2, 0.25) is 0 Å². The van der Waals surface area contributed by atoms with Crippen molar-refractivity contribution in [3.05, 3.63) is 36.0 Å². The third kappa shape index (κ3) is 6.73. The molecule has 1 amide bonds. The van der Waals surface area contributed by atoms with Crippen LogP contribution in [-0.4, -0.2) is 40.3 Å². The predicted octanol–water partition coefficient (Wildman–Crippen LogP) is 5.24. The molecule has 0 aliphatic carbocycles. The van der Waals surface area contributed by atoms with E-state index < -0.39 is 37.0 Å². The monoisotopic (exact) mass is 443 g/mol. The van der Waals surface area contributed by atoms with E-state index in [9.17, 15) is 18.0 Å². The fourth-order valence-corrected chi connectivity index (χ4v) is 3.63. The van der Waals surface area contributed by atoms with Gasteiger partial charge < -0.3 is 10.1 Å². The first kappa shape index (κ1) is 24.2. The highest BCUT2D eigenvalue weighted by atomic mass is 31.1. The lowest BCUT2D eigenvalue weighted by Crippen LogP contribution is -2.48. The van der Waals surface area contributed by atoms with Gasteiger partial charge in [-0.25, -0.2) is 4.79 Å². The van der Waals surface area contributed by atoms with Gasteiger partial charge in [0.25, 0.3) is 0 Å². The number of hydrogen-bond acceptors (Lipinski definition) is 3. The van der Waals surface area contributed by atoms with E-state index in [2.05, 4.69) is 23.7 Å². The van der Waals surface area contributed by atoms with Gasteiger partial charge in [0.05, 0.1) is 17.8 Å². The van der Waals surface area contributed by atoms with E-state index in [1.165, 1.54) is 4.68 Å². The fourth-order valence-electron chi connectivity index (χ4n) is 2.85. The Morgan fingerprint density at radius 2 is 1.77 bits per heavy atom. The number of alkyl halides is 3. The molecule has 1 N–H and O–H groups in total. The zero-order valence-electron chi connectivity index (χ0n) is 18.4. The summed E-state index contributed by atoms with van der Waals surface area (Å²) < 4.78 is 46.7. The molecule has 0 atom stereocenters. The molecule has 1 aromatic heterocycles. The molecular weight excluding hydrogens is 414 g/mol. The first-order chi connectivity index (χ1) is 13.6. The number of aromatic nitrogens is 2. The van der Waals surface area contributed by atoms with Gasteiger partial charge in [-0.1, -0.05) is 26.1 Å². The van der Waals surface area contributed by atoms with Crippen molar-refractivity contribution < 1.29 is 22.7 Å². The highest BCUT2D eigenvalue weighted by Crippen LogP contribution is 2.33. The second-order valence-electron chi connectivity index (χ2n) is 9.03. The molecule has 166 valence electrons. The number of nitrogens with one attached hydrogen (secondary N) is 1. The van der Waals surface area contributed by atoms with E-state index in [-0.39, 0.29) is 6.54 Å². The summed E-state index contributed by atoms with van der Waals surface area (Å²) in [6, 6.07) is 8.52. The van der Waals surface area contributed by atoms with Gasteiger partial charge in [-0.3, -0.25) is 4.68 Å². The highest BCUT2D eigenvalue weighted by molar-refractivity contribution is 7.64. The van der Waals surface area contributed by atoms with Crippen LogP contribution in [0.4, 0.5) is 18.0 Å². The maximum Gasteiger partial charge on any atom is 0.435 e. The molecule has 5 nitrogen and oxygen atoms in total. The summed E-state index contributed by atoms with van der Waals surface area (Å²) in [4.78, 5) is 12.2. The van der Waals surface area contributed by atoms with Crippen LogP contribution in [0.3, 0.4) is 0 Å². The van der Waals surface area contributed by atoms with Gasteiger partial charge in [-0.2, -0.15) is 18.3 Å². The molecule has 0 saturated heterocycles. The highest BCUT2D eigenvalue weighted by Gasteiger charge is 2.36. The molecule has 2 rings (SSSR count). The quantitative estimate of drug-likeness (QED) is 0.643. The number of benzene rings is 1. The second kappa shape index (κ2) is 8.58. The molecular formula is C21H29F3N3O2P. The van der Waals surface area contributed by atoms with E-state index in [4.69, 9.17) is 4.74 Å². The molecule has 1 heterocycles. The Morgan fingerprint density at radius 3 is 2.30 bits per heavy atom. The van der Waals surface area contributed by atoms with Crippen molar-refractivity contribution in [3.63, 3.8) is 0 Å². The molecule has 0 unspecified atom stereocenters. The number of halogens is 3. The van der Waals surface area contributed by atoms with E-state index in [1.54, 1.807) is 40.7 Å². The number of carbonyl (C=O) groups is 1. The van der Waals surface area contributed by atoms with E-state index in [1.807, 2.05) is 18.2 Å². The standard InChI is InChI=1S/C21H29F3N3O2P/c1-19(2,3)29-18(28)25-20(4,5)13-27-16(12-17(26-27)21(22,23)24)14-9-8-10-15(11-14)30(6)7/h8-12H,13H2,1-7H3,(H,25,28). The van der Waals surface area contributed by atoms with Crippen LogP contribution < -0.4 is 10.6 Å². The summed E-state index contributed by atoms with van der Waals surface area (Å²) in [5.74, 6) is 0. The van der Waals surface area contributed by atoms with Crippen LogP contribution in [0, 0.1) is 0 Å². The van der Waals surface area contributed by atoms with Crippen molar-refractivity contribution in [3.8, 4) is 11.3 Å². The minimum absolute atomic E-state index is 0.0366. The average molecular weight is 443 g/mol. The molecule has 2 aromatic rings. The summed E-state index contributed by atoms with van der Waals surface area (Å²) in [6.45, 7) is 12.8. The molecule has 0 bridgehead atoms. The molecule has 0 aliphatic heterocycles. The number of carbonyl (C=O) groups excluding carboxylic acids is 1. The van der Waals surface area contributed by atoms with Crippen LogP contribution in [-0.2, 0) is 17.5 Å². The Kier molecular flexibility index (Phi) is 6.92. The van der Waals surface area contributed by atoms with Crippen LogP contribution in [0.25, 0.3) is 11.3 Å². The molecule has 9 heteroatoms. The Balaban J connectivity index is 2.40. The van der Waals surface area contributed by atoms with E-state index in [0.717, 1.165) is 11.4 Å². The maximum absolute atomic E-state index is 13.4. The molecule has 0 spiro atoms. The van der Waals surface area contributed by atoms with Gasteiger partial charge >= 0.3 is 12.3 Å². The predicted molar refractivity (Wildman–Crippen MR) is 115 cm³/mol. The third-order valence-electron chi connectivity index (χ3n) is 4.11. The van der Waals surface area contributed by atoms with Crippen molar-refractivity contribution in [2.24, 2.45) is 0 Å². The molecule has 0 saturated carbocycles. The van der Waals surface area contributed by atoms with Crippen LogP contribution in [0.5, 0.6) is 0 Å². The van der Waals surface area contributed by atoms with Crippen molar-refractivity contribution in [2.75, 3.05) is 13.3 Å². The molecule has 1 aromatic carbocycles. The molecule has 30 heavy (non-hydrogen) atoms. The van der Waals surface area contributed by atoms with E-state index in [0.29, 0.717) is 11.3 Å². The summed E-state index contributed by atoms with van der Waals surface area (Å²) in [6.07, 6.45) is -5.20. The Morgan fingerprint density at radius 1 is 1.13 bits per heavy atom. The van der Waals surface area contributed by atoms with Crippen molar-refractivity contribution in [1.29, 1.82) is 0 Å². The number of nitrogens with zero attached hydrogens (tertiary/aromatic N) is 2. The lowest BCUT2D eigenvalue weighted by molar-refractivity contribution is -0.141. The van der Waals surface area contributed by atoms with Crippen LogP contribution >= 0.6 is 7.92 Å². The number of alkyl carbamates (subject to hydrolysis) is 1. The van der Waals surface area contributed by atoms with Gasteiger partial charge in [-0.05, 0) is 65.4 Å².